The second-order valence-electron chi connectivity index (χ2n) is 7.47. The van der Waals surface area contributed by atoms with Crippen LogP contribution in [-0.2, 0) is 38.1 Å². The Morgan fingerprint density at radius 2 is 1.69 bits per heavy atom. The molecular formula is C20H34O12. The number of aliphatic hydroxyl groups excluding tert-OH is 4. The van der Waals surface area contributed by atoms with Crippen LogP contribution in [0.15, 0.2) is 0 Å². The Morgan fingerprint density at radius 1 is 1.00 bits per heavy atom. The summed E-state index contributed by atoms with van der Waals surface area (Å²) in [6.45, 7) is 2.54. The van der Waals surface area contributed by atoms with E-state index in [1.54, 1.807) is 0 Å². The Labute approximate surface area is 186 Å². The summed E-state index contributed by atoms with van der Waals surface area (Å²) < 4.78 is 26.5. The van der Waals surface area contributed by atoms with E-state index in [9.17, 15) is 29.7 Å². The highest BCUT2D eigenvalue weighted by Crippen LogP contribution is 2.28. The van der Waals surface area contributed by atoms with Gasteiger partial charge in [-0.15, -0.1) is 0 Å². The standard InChI is InChI=1S/C20H34O12/c1-4-5-6-7-16(26)32-19-18(30-12(3)23)17(27)15(10-28-11(2)22)31-20(19)29-9-14(25)13(24)8-21/h13-15,17-21,24-25,27H,4-10H2,1-3H3/t13-,14+,15-,17-,18+,19+,20-/m1/s1. The van der Waals surface area contributed by atoms with Crippen LogP contribution < -0.4 is 0 Å². The molecule has 0 aromatic carbocycles. The van der Waals surface area contributed by atoms with E-state index in [4.69, 9.17) is 28.8 Å². The molecule has 1 fully saturated rings. The van der Waals surface area contributed by atoms with Crippen LogP contribution in [0.2, 0.25) is 0 Å². The van der Waals surface area contributed by atoms with E-state index >= 15 is 0 Å². The van der Waals surface area contributed by atoms with Crippen LogP contribution in [0.1, 0.15) is 46.5 Å². The monoisotopic (exact) mass is 466 g/mol. The molecule has 1 saturated heterocycles. The fourth-order valence-electron chi connectivity index (χ4n) is 2.97. The van der Waals surface area contributed by atoms with Gasteiger partial charge in [-0.2, -0.15) is 0 Å². The van der Waals surface area contributed by atoms with Crippen molar-refractivity contribution in [1.29, 1.82) is 0 Å². The molecule has 0 aliphatic carbocycles. The summed E-state index contributed by atoms with van der Waals surface area (Å²) >= 11 is 0. The van der Waals surface area contributed by atoms with Crippen LogP contribution in [0.4, 0.5) is 0 Å². The number of carbonyl (C=O) groups is 3. The zero-order valence-corrected chi connectivity index (χ0v) is 18.5. The molecule has 0 aromatic heterocycles. The molecule has 12 heteroatoms. The van der Waals surface area contributed by atoms with Crippen molar-refractivity contribution < 1.29 is 58.5 Å². The molecule has 0 amide bonds. The lowest BCUT2D eigenvalue weighted by Gasteiger charge is -2.43. The number of hydrogen-bond acceptors (Lipinski definition) is 12. The Kier molecular flexibility index (Phi) is 12.6. The van der Waals surface area contributed by atoms with Crippen molar-refractivity contribution in [3.05, 3.63) is 0 Å². The minimum absolute atomic E-state index is 0.0721. The summed E-state index contributed by atoms with van der Waals surface area (Å²) in [6.07, 6.45) is -7.70. The molecule has 32 heavy (non-hydrogen) atoms. The van der Waals surface area contributed by atoms with Crippen molar-refractivity contribution in [1.82, 2.24) is 0 Å². The SMILES string of the molecule is CCCCCC(=O)O[C@@H]1[C@H](OC[C@H](O)[C@H](O)CO)O[C@H](COC(C)=O)[C@@H](O)[C@@H]1OC(C)=O. The zero-order valence-electron chi connectivity index (χ0n) is 18.5. The highest BCUT2D eigenvalue weighted by atomic mass is 16.7. The minimum Gasteiger partial charge on any atom is -0.463 e. The molecule has 0 unspecified atom stereocenters. The normalized spacial score (nSPS) is 27.3. The topological polar surface area (TPSA) is 178 Å². The van der Waals surface area contributed by atoms with Crippen molar-refractivity contribution in [2.24, 2.45) is 0 Å². The van der Waals surface area contributed by atoms with Crippen LogP contribution in [0.5, 0.6) is 0 Å². The molecular weight excluding hydrogens is 432 g/mol. The maximum Gasteiger partial charge on any atom is 0.306 e. The Balaban J connectivity index is 3.07. The fourth-order valence-corrected chi connectivity index (χ4v) is 2.97. The first kappa shape index (κ1) is 28.2. The zero-order chi connectivity index (χ0) is 24.3. The molecule has 1 heterocycles. The van der Waals surface area contributed by atoms with Gasteiger partial charge in [-0.25, -0.2) is 0 Å². The summed E-state index contributed by atoms with van der Waals surface area (Å²) in [7, 11) is 0. The van der Waals surface area contributed by atoms with Gasteiger partial charge in [-0.05, 0) is 6.42 Å². The number of rotatable bonds is 13. The van der Waals surface area contributed by atoms with Gasteiger partial charge in [0.25, 0.3) is 0 Å². The van der Waals surface area contributed by atoms with Crippen molar-refractivity contribution in [3.8, 4) is 0 Å². The van der Waals surface area contributed by atoms with Gasteiger partial charge in [-0.1, -0.05) is 19.8 Å². The van der Waals surface area contributed by atoms with Gasteiger partial charge < -0.3 is 44.1 Å². The lowest BCUT2D eigenvalue weighted by molar-refractivity contribution is -0.311. The van der Waals surface area contributed by atoms with E-state index in [1.165, 1.54) is 0 Å². The van der Waals surface area contributed by atoms with E-state index in [1.807, 2.05) is 6.92 Å². The molecule has 0 bridgehead atoms. The van der Waals surface area contributed by atoms with Gasteiger partial charge in [0, 0.05) is 20.3 Å². The molecule has 7 atom stereocenters. The number of esters is 3. The first-order valence-corrected chi connectivity index (χ1v) is 10.5. The summed E-state index contributed by atoms with van der Waals surface area (Å²) in [5.74, 6) is -2.06. The van der Waals surface area contributed by atoms with Gasteiger partial charge in [0.1, 0.15) is 31.0 Å². The largest absolute Gasteiger partial charge is 0.463 e. The Hall–Kier alpha value is -1.83. The van der Waals surface area contributed by atoms with Crippen molar-refractivity contribution in [3.63, 3.8) is 0 Å². The highest BCUT2D eigenvalue weighted by molar-refractivity contribution is 5.70. The van der Waals surface area contributed by atoms with Crippen LogP contribution in [0, 0.1) is 0 Å². The number of hydrogen-bond donors (Lipinski definition) is 4. The molecule has 1 aliphatic rings. The summed E-state index contributed by atoms with van der Waals surface area (Å²) in [4.78, 5) is 35.1. The average Bonchev–Trinajstić information content (AvgIpc) is 2.73. The Bertz CT molecular complexity index is 597. The van der Waals surface area contributed by atoms with Crippen LogP contribution in [0.3, 0.4) is 0 Å². The third kappa shape index (κ3) is 9.35. The molecule has 4 N–H and O–H groups in total. The van der Waals surface area contributed by atoms with Gasteiger partial charge >= 0.3 is 17.9 Å². The van der Waals surface area contributed by atoms with Crippen LogP contribution in [-0.4, -0.2) is 101 Å². The summed E-state index contributed by atoms with van der Waals surface area (Å²) in [6, 6.07) is 0. The molecule has 0 spiro atoms. The molecule has 0 saturated carbocycles. The molecule has 0 radical (unpaired) electrons. The fraction of sp³-hybridized carbons (Fsp3) is 0.850. The summed E-state index contributed by atoms with van der Waals surface area (Å²) in [5, 5.41) is 39.0. The third-order valence-corrected chi connectivity index (χ3v) is 4.69. The summed E-state index contributed by atoms with van der Waals surface area (Å²) in [5.41, 5.74) is 0. The van der Waals surface area contributed by atoms with Crippen LogP contribution >= 0.6 is 0 Å². The van der Waals surface area contributed by atoms with Crippen molar-refractivity contribution in [2.45, 2.75) is 89.4 Å². The quantitative estimate of drug-likeness (QED) is 0.145. The van der Waals surface area contributed by atoms with E-state index < -0.39 is 80.6 Å². The molecule has 186 valence electrons. The van der Waals surface area contributed by atoms with Crippen molar-refractivity contribution in [2.75, 3.05) is 19.8 Å². The lowest BCUT2D eigenvalue weighted by atomic mass is 9.98. The van der Waals surface area contributed by atoms with Gasteiger partial charge in [0.05, 0.1) is 13.2 Å². The maximum atomic E-state index is 12.3. The second-order valence-corrected chi connectivity index (χ2v) is 7.47. The molecule has 1 aliphatic heterocycles. The second kappa shape index (κ2) is 14.3. The van der Waals surface area contributed by atoms with E-state index in [2.05, 4.69) is 0 Å². The smallest absolute Gasteiger partial charge is 0.306 e. The number of carbonyl (C=O) groups excluding carboxylic acids is 3. The predicted molar refractivity (Wildman–Crippen MR) is 106 cm³/mol. The van der Waals surface area contributed by atoms with E-state index in [-0.39, 0.29) is 6.42 Å². The minimum atomic E-state index is -1.53. The van der Waals surface area contributed by atoms with Crippen LogP contribution in [0.25, 0.3) is 0 Å². The van der Waals surface area contributed by atoms with Gasteiger partial charge in [0.2, 0.25) is 0 Å². The molecule has 12 nitrogen and oxygen atoms in total. The highest BCUT2D eigenvalue weighted by Gasteiger charge is 2.50. The Morgan fingerprint density at radius 3 is 2.25 bits per heavy atom. The van der Waals surface area contributed by atoms with E-state index in [0.717, 1.165) is 26.7 Å². The first-order chi connectivity index (χ1) is 15.1. The van der Waals surface area contributed by atoms with Gasteiger partial charge in [-0.3, -0.25) is 14.4 Å². The number of unbranched alkanes of at least 4 members (excludes halogenated alkanes) is 2. The molecule has 1 rings (SSSR count). The number of ether oxygens (including phenoxy) is 5. The predicted octanol–water partition coefficient (Wildman–Crippen LogP) is -1.21. The van der Waals surface area contributed by atoms with Crippen molar-refractivity contribution >= 4 is 17.9 Å². The van der Waals surface area contributed by atoms with Gasteiger partial charge in [0.15, 0.2) is 18.5 Å². The first-order valence-electron chi connectivity index (χ1n) is 10.5. The maximum absolute atomic E-state index is 12.3. The number of aliphatic hydroxyl groups is 4. The third-order valence-electron chi connectivity index (χ3n) is 4.69. The molecule has 0 aromatic rings. The van der Waals surface area contributed by atoms with E-state index in [0.29, 0.717) is 6.42 Å². The average molecular weight is 466 g/mol. The lowest BCUT2D eigenvalue weighted by Crippen LogP contribution is -2.62.